The number of carbonyl (C=O) groups is 1. The highest BCUT2D eigenvalue weighted by Crippen LogP contribution is 2.25. The fourth-order valence-corrected chi connectivity index (χ4v) is 4.48. The number of rotatable bonds is 9. The van der Waals surface area contributed by atoms with Crippen LogP contribution in [-0.2, 0) is 14.8 Å². The highest BCUT2D eigenvalue weighted by atomic mass is 35.5. The van der Waals surface area contributed by atoms with Crippen LogP contribution in [0.25, 0.3) is 0 Å². The molecular formula is C24H25ClN2O5S. The lowest BCUT2D eigenvalue weighted by atomic mass is 10.1. The molecule has 0 radical (unpaired) electrons. The van der Waals surface area contributed by atoms with Crippen LogP contribution in [0.2, 0.25) is 5.02 Å². The molecule has 1 amide bonds. The Kier molecular flexibility index (Phi) is 7.84. The first-order valence-corrected chi connectivity index (χ1v) is 11.9. The Morgan fingerprint density at radius 2 is 1.67 bits per heavy atom. The van der Waals surface area contributed by atoms with E-state index in [1.54, 1.807) is 48.5 Å². The molecule has 3 aromatic rings. The third-order valence-electron chi connectivity index (χ3n) is 5.01. The van der Waals surface area contributed by atoms with Gasteiger partial charge in [-0.25, -0.2) is 8.42 Å². The van der Waals surface area contributed by atoms with Gasteiger partial charge in [0.15, 0.2) is 6.61 Å². The minimum absolute atomic E-state index is 0.150. The highest BCUT2D eigenvalue weighted by Gasteiger charge is 2.21. The molecule has 0 heterocycles. The molecule has 0 fully saturated rings. The fourth-order valence-electron chi connectivity index (χ4n) is 3.09. The normalized spacial score (nSPS) is 12.0. The predicted molar refractivity (Wildman–Crippen MR) is 129 cm³/mol. The Balaban J connectivity index is 1.58. The number of benzene rings is 3. The molecule has 1 unspecified atom stereocenters. The van der Waals surface area contributed by atoms with Gasteiger partial charge in [0.25, 0.3) is 15.9 Å². The van der Waals surface area contributed by atoms with Crippen LogP contribution in [-0.4, -0.2) is 35.1 Å². The molecule has 3 rings (SSSR count). The van der Waals surface area contributed by atoms with E-state index in [9.17, 15) is 13.2 Å². The maximum Gasteiger partial charge on any atom is 0.264 e. The van der Waals surface area contributed by atoms with Crippen LogP contribution in [0.5, 0.6) is 11.5 Å². The van der Waals surface area contributed by atoms with Gasteiger partial charge in [-0.15, -0.1) is 0 Å². The third-order valence-corrected chi connectivity index (χ3v) is 7.05. The van der Waals surface area contributed by atoms with Gasteiger partial charge in [0.05, 0.1) is 23.7 Å². The van der Waals surface area contributed by atoms with Gasteiger partial charge in [-0.1, -0.05) is 23.7 Å². The molecule has 9 heteroatoms. The molecule has 33 heavy (non-hydrogen) atoms. The Morgan fingerprint density at radius 1 is 1.03 bits per heavy atom. The first-order valence-electron chi connectivity index (χ1n) is 10.1. The van der Waals surface area contributed by atoms with Gasteiger partial charge >= 0.3 is 0 Å². The number of anilines is 1. The summed E-state index contributed by atoms with van der Waals surface area (Å²) < 4.78 is 37.5. The Bertz CT molecular complexity index is 1200. The van der Waals surface area contributed by atoms with Crippen LogP contribution in [0.3, 0.4) is 0 Å². The van der Waals surface area contributed by atoms with Crippen molar-refractivity contribution in [1.82, 2.24) is 5.32 Å². The summed E-state index contributed by atoms with van der Waals surface area (Å²) in [5.41, 5.74) is 1.35. The minimum atomic E-state index is -3.74. The lowest BCUT2D eigenvalue weighted by molar-refractivity contribution is -0.123. The second-order valence-corrected chi connectivity index (χ2v) is 9.68. The Labute approximate surface area is 198 Å². The van der Waals surface area contributed by atoms with Crippen molar-refractivity contribution in [3.05, 3.63) is 83.4 Å². The average molecular weight is 489 g/mol. The number of hydrogen-bond acceptors (Lipinski definition) is 5. The van der Waals surface area contributed by atoms with Crippen LogP contribution in [0, 0.1) is 0 Å². The van der Waals surface area contributed by atoms with Crippen LogP contribution in [0.4, 0.5) is 5.69 Å². The van der Waals surface area contributed by atoms with Crippen molar-refractivity contribution in [2.75, 3.05) is 25.1 Å². The SMILES string of the molecule is COc1ccc(S(=O)(=O)N(C)c2ccc(OCC(=O)NC(C)c3cccc(Cl)c3)cc2)cc1. The molecule has 0 aromatic heterocycles. The summed E-state index contributed by atoms with van der Waals surface area (Å²) in [5, 5.41) is 3.45. The second kappa shape index (κ2) is 10.6. The van der Waals surface area contributed by atoms with Crippen LogP contribution < -0.4 is 19.1 Å². The monoisotopic (exact) mass is 488 g/mol. The lowest BCUT2D eigenvalue weighted by Crippen LogP contribution is -2.31. The van der Waals surface area contributed by atoms with E-state index in [0.29, 0.717) is 22.2 Å². The number of sulfonamides is 1. The first kappa shape index (κ1) is 24.4. The number of nitrogens with zero attached hydrogens (tertiary/aromatic N) is 1. The molecule has 174 valence electrons. The maximum absolute atomic E-state index is 12.9. The number of hydrogen-bond donors (Lipinski definition) is 1. The summed E-state index contributed by atoms with van der Waals surface area (Å²) >= 11 is 5.99. The number of ether oxygens (including phenoxy) is 2. The topological polar surface area (TPSA) is 84.9 Å². The molecule has 0 bridgehead atoms. The van der Waals surface area contributed by atoms with Gasteiger partial charge in [-0.2, -0.15) is 0 Å². The van der Waals surface area contributed by atoms with E-state index in [4.69, 9.17) is 21.1 Å². The van der Waals surface area contributed by atoms with Gasteiger partial charge in [0.2, 0.25) is 0 Å². The van der Waals surface area contributed by atoms with E-state index in [1.807, 2.05) is 19.1 Å². The van der Waals surface area contributed by atoms with Crippen molar-refractivity contribution < 1.29 is 22.7 Å². The minimum Gasteiger partial charge on any atom is -0.497 e. The summed E-state index contributed by atoms with van der Waals surface area (Å²) in [5.74, 6) is 0.731. The second-order valence-electron chi connectivity index (χ2n) is 7.27. The van der Waals surface area contributed by atoms with Crippen molar-refractivity contribution in [2.45, 2.75) is 17.9 Å². The van der Waals surface area contributed by atoms with Gasteiger partial charge in [0, 0.05) is 12.1 Å². The summed E-state index contributed by atoms with van der Waals surface area (Å²) in [6.07, 6.45) is 0. The summed E-state index contributed by atoms with van der Waals surface area (Å²) in [6, 6.07) is 19.7. The average Bonchev–Trinajstić information content (AvgIpc) is 2.82. The van der Waals surface area contributed by atoms with Crippen LogP contribution in [0.15, 0.2) is 77.7 Å². The summed E-state index contributed by atoms with van der Waals surface area (Å²) in [7, 11) is -0.746. The maximum atomic E-state index is 12.9. The first-order chi connectivity index (χ1) is 15.7. The molecule has 3 aromatic carbocycles. The molecule has 1 atom stereocenters. The third kappa shape index (κ3) is 6.18. The van der Waals surface area contributed by atoms with Crippen molar-refractivity contribution in [2.24, 2.45) is 0 Å². The van der Waals surface area contributed by atoms with Gasteiger partial charge in [0.1, 0.15) is 11.5 Å². The number of nitrogens with one attached hydrogen (secondary N) is 1. The molecule has 0 aliphatic heterocycles. The van der Waals surface area contributed by atoms with E-state index in [2.05, 4.69) is 5.32 Å². The molecule has 0 aliphatic rings. The zero-order valence-electron chi connectivity index (χ0n) is 18.5. The van der Waals surface area contributed by atoms with E-state index >= 15 is 0 Å². The van der Waals surface area contributed by atoms with E-state index < -0.39 is 10.0 Å². The number of methoxy groups -OCH3 is 1. The largest absolute Gasteiger partial charge is 0.497 e. The Morgan fingerprint density at radius 3 is 2.27 bits per heavy atom. The zero-order valence-corrected chi connectivity index (χ0v) is 20.1. The quantitative estimate of drug-likeness (QED) is 0.481. The van der Waals surface area contributed by atoms with Crippen molar-refractivity contribution in [3.63, 3.8) is 0 Å². The fraction of sp³-hybridized carbons (Fsp3) is 0.208. The van der Waals surface area contributed by atoms with Crippen LogP contribution >= 0.6 is 11.6 Å². The molecule has 7 nitrogen and oxygen atoms in total. The molecule has 0 saturated heterocycles. The van der Waals surface area contributed by atoms with Crippen molar-refractivity contribution in [1.29, 1.82) is 0 Å². The number of carbonyl (C=O) groups excluding carboxylic acids is 1. The molecule has 1 N–H and O–H groups in total. The van der Waals surface area contributed by atoms with E-state index in [0.717, 1.165) is 5.56 Å². The smallest absolute Gasteiger partial charge is 0.264 e. The summed E-state index contributed by atoms with van der Waals surface area (Å²) in [6.45, 7) is 1.68. The number of halogens is 1. The molecular weight excluding hydrogens is 464 g/mol. The predicted octanol–water partition coefficient (Wildman–Crippen LogP) is 4.43. The summed E-state index contributed by atoms with van der Waals surface area (Å²) in [4.78, 5) is 12.4. The van der Waals surface area contributed by atoms with Crippen molar-refractivity contribution in [3.8, 4) is 11.5 Å². The Hall–Kier alpha value is -3.23. The zero-order chi connectivity index (χ0) is 24.0. The van der Waals surface area contributed by atoms with Gasteiger partial charge in [-0.3, -0.25) is 9.10 Å². The highest BCUT2D eigenvalue weighted by molar-refractivity contribution is 7.92. The van der Waals surface area contributed by atoms with E-state index in [-0.39, 0.29) is 23.5 Å². The van der Waals surface area contributed by atoms with Gasteiger partial charge < -0.3 is 14.8 Å². The van der Waals surface area contributed by atoms with Crippen LogP contribution in [0.1, 0.15) is 18.5 Å². The standard InChI is InChI=1S/C24H25ClN2O5S/c1-17(18-5-4-6-19(25)15-18)26-24(28)16-32-22-9-7-20(8-10-22)27(2)33(29,30)23-13-11-21(31-3)12-14-23/h4-15,17H,16H2,1-3H3,(H,26,28). The van der Waals surface area contributed by atoms with Crippen molar-refractivity contribution >= 4 is 33.2 Å². The molecule has 0 saturated carbocycles. The molecule has 0 spiro atoms. The molecule has 0 aliphatic carbocycles. The van der Waals surface area contributed by atoms with Gasteiger partial charge in [-0.05, 0) is 73.2 Å². The lowest BCUT2D eigenvalue weighted by Gasteiger charge is -2.20. The van der Waals surface area contributed by atoms with E-state index in [1.165, 1.54) is 30.6 Å². The number of amides is 1.